The van der Waals surface area contributed by atoms with Crippen LogP contribution in [0.4, 0.5) is 0 Å². The maximum absolute atomic E-state index is 12.2. The predicted molar refractivity (Wildman–Crippen MR) is 67.7 cm³/mol. The van der Waals surface area contributed by atoms with Crippen LogP contribution in [0.15, 0.2) is 0 Å². The lowest BCUT2D eigenvalue weighted by atomic mass is 9.75. The van der Waals surface area contributed by atoms with Crippen LogP contribution in [-0.4, -0.2) is 24.2 Å². The first kappa shape index (κ1) is 12.9. The molecule has 17 heavy (non-hydrogen) atoms. The van der Waals surface area contributed by atoms with E-state index >= 15 is 0 Å². The fourth-order valence-electron chi connectivity index (χ4n) is 2.82. The van der Waals surface area contributed by atoms with Gasteiger partial charge < -0.3 is 10.1 Å². The van der Waals surface area contributed by atoms with Gasteiger partial charge in [0.15, 0.2) is 0 Å². The summed E-state index contributed by atoms with van der Waals surface area (Å²) in [5.41, 5.74) is -0.191. The molecule has 3 heteroatoms. The summed E-state index contributed by atoms with van der Waals surface area (Å²) in [6, 6.07) is 0.348. The van der Waals surface area contributed by atoms with Crippen LogP contribution in [0.5, 0.6) is 0 Å². The van der Waals surface area contributed by atoms with Crippen LogP contribution >= 0.6 is 0 Å². The van der Waals surface area contributed by atoms with E-state index in [0.717, 1.165) is 19.4 Å². The molecule has 0 amide bonds. The summed E-state index contributed by atoms with van der Waals surface area (Å²) in [4.78, 5) is 12.2. The topological polar surface area (TPSA) is 48.2 Å². The third-order valence-electron chi connectivity index (χ3n) is 4.49. The average molecular weight is 239 g/mol. The lowest BCUT2D eigenvalue weighted by molar-refractivity contribution is -0.176. The van der Waals surface area contributed by atoms with E-state index in [2.05, 4.69) is 26.1 Å². The van der Waals surface area contributed by atoms with Gasteiger partial charge in [0.1, 0.15) is 5.60 Å². The van der Waals surface area contributed by atoms with E-state index in [-0.39, 0.29) is 22.9 Å². The molecule has 1 saturated carbocycles. The Morgan fingerprint density at radius 3 is 2.29 bits per heavy atom. The summed E-state index contributed by atoms with van der Waals surface area (Å²) in [5, 5.41) is 3.19. The molecule has 1 heterocycles. The van der Waals surface area contributed by atoms with Gasteiger partial charge in [-0.15, -0.1) is 0 Å². The second kappa shape index (κ2) is 4.27. The minimum absolute atomic E-state index is 0.00479. The van der Waals surface area contributed by atoms with Gasteiger partial charge in [-0.25, -0.2) is 0 Å². The van der Waals surface area contributed by atoms with Gasteiger partial charge in [0.2, 0.25) is 0 Å². The maximum atomic E-state index is 12.2. The van der Waals surface area contributed by atoms with E-state index in [1.165, 1.54) is 12.8 Å². The Bertz CT molecular complexity index is 296. The molecule has 0 aromatic rings. The second-order valence-corrected chi connectivity index (χ2v) is 6.68. The molecule has 0 radical (unpaired) electrons. The van der Waals surface area contributed by atoms with E-state index in [1.807, 2.05) is 6.92 Å². The highest BCUT2D eigenvalue weighted by molar-refractivity contribution is 5.74. The summed E-state index contributed by atoms with van der Waals surface area (Å²) in [7, 11) is 0. The highest BCUT2D eigenvalue weighted by atomic mass is 16.6. The molecule has 2 fully saturated rings. The monoisotopic (exact) mass is 239 g/mol. The molecule has 2 unspecified atom stereocenters. The Morgan fingerprint density at radius 1 is 1.35 bits per heavy atom. The Hall–Kier alpha value is -0.570. The Balaban J connectivity index is 2.05. The molecule has 1 saturated heterocycles. The molecule has 2 atom stereocenters. The molecular weight excluding hydrogens is 214 g/mol. The molecule has 0 aromatic carbocycles. The number of carbonyl (C=O) groups excluding carboxylic acids is 1. The highest BCUT2D eigenvalue weighted by Crippen LogP contribution is 2.46. The van der Waals surface area contributed by atoms with E-state index < -0.39 is 0 Å². The van der Waals surface area contributed by atoms with Gasteiger partial charge in [0.25, 0.3) is 0 Å². The van der Waals surface area contributed by atoms with Crippen LogP contribution < -0.4 is 5.32 Å². The Labute approximate surface area is 104 Å². The normalized spacial score (nSPS) is 28.8. The van der Waals surface area contributed by atoms with Crippen LogP contribution in [-0.2, 0) is 9.53 Å². The summed E-state index contributed by atoms with van der Waals surface area (Å²) in [6.45, 7) is 9.49. The summed E-state index contributed by atoms with van der Waals surface area (Å²) in [6.07, 6.45) is 4.40. The summed E-state index contributed by atoms with van der Waals surface area (Å²) < 4.78 is 5.95. The zero-order valence-electron chi connectivity index (χ0n) is 11.5. The third-order valence-corrected chi connectivity index (χ3v) is 4.49. The molecule has 1 N–H and O–H groups in total. The van der Waals surface area contributed by atoms with Crippen molar-refractivity contribution in [3.63, 3.8) is 0 Å². The zero-order valence-corrected chi connectivity index (χ0v) is 11.5. The number of hydrogen-bond donors (Lipinski definition) is 1. The lowest BCUT2D eigenvalue weighted by Gasteiger charge is -2.41. The van der Waals surface area contributed by atoms with E-state index in [4.69, 9.17) is 4.74 Å². The van der Waals surface area contributed by atoms with Crippen LogP contribution in [0.3, 0.4) is 0 Å². The minimum Gasteiger partial charge on any atom is -0.458 e. The van der Waals surface area contributed by atoms with Crippen molar-refractivity contribution in [2.45, 2.75) is 65.0 Å². The van der Waals surface area contributed by atoms with Crippen LogP contribution in [0.1, 0.15) is 53.4 Å². The smallest absolute Gasteiger partial charge is 0.310 e. The summed E-state index contributed by atoms with van der Waals surface area (Å²) >= 11 is 0. The van der Waals surface area contributed by atoms with E-state index in [1.54, 1.807) is 0 Å². The zero-order chi connectivity index (χ0) is 12.7. The van der Waals surface area contributed by atoms with Crippen LogP contribution in [0.25, 0.3) is 0 Å². The lowest BCUT2D eigenvalue weighted by Crippen LogP contribution is -2.46. The van der Waals surface area contributed by atoms with Crippen molar-refractivity contribution >= 4 is 5.97 Å². The number of nitrogens with one attached hydrogen (secondary N) is 1. The summed E-state index contributed by atoms with van der Waals surface area (Å²) in [5.74, 6) is -0.0216. The molecular formula is C14H25NO2. The van der Waals surface area contributed by atoms with Crippen molar-refractivity contribution in [1.29, 1.82) is 0 Å². The molecule has 1 aliphatic carbocycles. The first-order valence-corrected chi connectivity index (χ1v) is 6.82. The first-order chi connectivity index (χ1) is 7.86. The van der Waals surface area contributed by atoms with Crippen molar-refractivity contribution in [3.8, 4) is 0 Å². The van der Waals surface area contributed by atoms with Gasteiger partial charge in [-0.3, -0.25) is 4.79 Å². The number of esters is 1. The molecule has 0 aromatic heterocycles. The number of carbonyl (C=O) groups is 1. The van der Waals surface area contributed by atoms with Crippen molar-refractivity contribution in [2.24, 2.45) is 11.3 Å². The molecule has 0 spiro atoms. The minimum atomic E-state index is -0.229. The van der Waals surface area contributed by atoms with Gasteiger partial charge in [-0.2, -0.15) is 0 Å². The van der Waals surface area contributed by atoms with Crippen LogP contribution in [0.2, 0.25) is 0 Å². The molecule has 2 aliphatic rings. The first-order valence-electron chi connectivity index (χ1n) is 6.82. The largest absolute Gasteiger partial charge is 0.458 e. The average Bonchev–Trinajstić information content (AvgIpc) is 2.96. The van der Waals surface area contributed by atoms with Crippen molar-refractivity contribution < 1.29 is 9.53 Å². The number of rotatable bonds is 3. The Kier molecular flexibility index (Phi) is 3.23. The standard InChI is InChI=1S/C14H25NO2/c1-10(11-9-15-11)12(16)17-14(13(2,3)4)7-5-6-8-14/h10-11,15H,5-9H2,1-4H3. The van der Waals surface area contributed by atoms with Crippen LogP contribution in [0, 0.1) is 11.3 Å². The van der Waals surface area contributed by atoms with Gasteiger partial charge in [0.05, 0.1) is 5.92 Å². The highest BCUT2D eigenvalue weighted by Gasteiger charge is 2.48. The van der Waals surface area contributed by atoms with E-state index in [0.29, 0.717) is 6.04 Å². The fourth-order valence-corrected chi connectivity index (χ4v) is 2.82. The molecule has 2 rings (SSSR count). The molecule has 1 aliphatic heterocycles. The van der Waals surface area contributed by atoms with E-state index in [9.17, 15) is 4.79 Å². The molecule has 98 valence electrons. The molecule has 3 nitrogen and oxygen atoms in total. The predicted octanol–water partition coefficient (Wildman–Crippen LogP) is 2.50. The maximum Gasteiger partial charge on any atom is 0.310 e. The van der Waals surface area contributed by atoms with Gasteiger partial charge in [-0.1, -0.05) is 27.7 Å². The number of hydrogen-bond acceptors (Lipinski definition) is 3. The van der Waals surface area contributed by atoms with Crippen molar-refractivity contribution in [1.82, 2.24) is 5.32 Å². The van der Waals surface area contributed by atoms with Gasteiger partial charge >= 0.3 is 5.97 Å². The SMILES string of the molecule is CC(C(=O)OC1(C(C)(C)C)CCCC1)C1CN1. The van der Waals surface area contributed by atoms with Crippen molar-refractivity contribution in [3.05, 3.63) is 0 Å². The van der Waals surface area contributed by atoms with Gasteiger partial charge in [-0.05, 0) is 25.7 Å². The number of ether oxygens (including phenoxy) is 1. The fraction of sp³-hybridized carbons (Fsp3) is 0.929. The second-order valence-electron chi connectivity index (χ2n) is 6.68. The quantitative estimate of drug-likeness (QED) is 0.608. The van der Waals surface area contributed by atoms with Crippen molar-refractivity contribution in [2.75, 3.05) is 6.54 Å². The third kappa shape index (κ3) is 2.49. The Morgan fingerprint density at radius 2 is 1.88 bits per heavy atom. The molecule has 0 bridgehead atoms. The van der Waals surface area contributed by atoms with Gasteiger partial charge in [0, 0.05) is 18.0 Å².